The largest absolute Gasteiger partial charge is 0.373 e. The lowest BCUT2D eigenvalue weighted by Gasteiger charge is -2.27. The number of aromatic amines is 2. The van der Waals surface area contributed by atoms with Crippen molar-refractivity contribution >= 4 is 37.8 Å². The molecule has 226 valence electrons. The molecule has 5 heterocycles. The molecule has 0 aliphatic carbocycles. The maximum atomic E-state index is 14.6. The van der Waals surface area contributed by atoms with E-state index < -0.39 is 22.1 Å². The van der Waals surface area contributed by atoms with Crippen LogP contribution >= 0.6 is 0 Å². The number of benzene rings is 1. The van der Waals surface area contributed by atoms with Gasteiger partial charge in [0.1, 0.15) is 23.3 Å². The Balaban J connectivity index is 1.37. The zero-order valence-corrected chi connectivity index (χ0v) is 25.2. The predicted octanol–water partition coefficient (Wildman–Crippen LogP) is 4.59. The minimum atomic E-state index is -3.46. The van der Waals surface area contributed by atoms with Gasteiger partial charge in [-0.3, -0.25) is 15.1 Å². The summed E-state index contributed by atoms with van der Waals surface area (Å²) in [6.45, 7) is 5.75. The molecule has 0 fully saturated rings. The van der Waals surface area contributed by atoms with Crippen molar-refractivity contribution in [2.45, 2.75) is 33.5 Å². The minimum absolute atomic E-state index is 0.0639. The summed E-state index contributed by atoms with van der Waals surface area (Å²) in [4.78, 5) is 21.4. The molecule has 5 aromatic heterocycles. The number of aliphatic hydroxyl groups excluding tert-OH is 1. The Morgan fingerprint density at radius 1 is 1.00 bits per heavy atom. The Morgan fingerprint density at radius 3 is 2.57 bits per heavy atom. The first kappa shape index (κ1) is 29.3. The lowest BCUT2D eigenvalue weighted by molar-refractivity contribution is 0.0880. The minimum Gasteiger partial charge on any atom is -0.373 e. The van der Waals surface area contributed by atoms with Crippen LogP contribution in [0.2, 0.25) is 0 Å². The number of aromatic nitrogens is 7. The number of hydrogen-bond donors (Lipinski definition) is 5. The van der Waals surface area contributed by atoms with Crippen LogP contribution in [-0.4, -0.2) is 61.1 Å². The van der Waals surface area contributed by atoms with Crippen molar-refractivity contribution in [1.82, 2.24) is 39.8 Å². The van der Waals surface area contributed by atoms with E-state index in [4.69, 9.17) is 4.98 Å². The number of hydrogen-bond acceptors (Lipinski definition) is 9. The highest BCUT2D eigenvalue weighted by molar-refractivity contribution is 7.88. The van der Waals surface area contributed by atoms with Crippen LogP contribution in [0.25, 0.3) is 56.0 Å². The molecule has 12 nitrogen and oxygen atoms in total. The smallest absolute Gasteiger partial charge is 0.209 e. The van der Waals surface area contributed by atoms with E-state index in [-0.39, 0.29) is 12.0 Å². The topological polar surface area (TPSA) is 174 Å². The first-order valence-corrected chi connectivity index (χ1v) is 15.6. The number of nitrogens with one attached hydrogen (secondary N) is 4. The van der Waals surface area contributed by atoms with E-state index in [1.807, 2.05) is 32.9 Å². The molecule has 0 spiro atoms. The van der Waals surface area contributed by atoms with Gasteiger partial charge in [-0.05, 0) is 42.0 Å². The van der Waals surface area contributed by atoms with Gasteiger partial charge in [-0.25, -0.2) is 27.5 Å². The van der Waals surface area contributed by atoms with Crippen molar-refractivity contribution in [3.8, 4) is 33.9 Å². The lowest BCUT2D eigenvalue weighted by Crippen LogP contribution is -2.33. The SMILES string of the molecule is CC(C)(C)C(O)Nc1cncc(-c2cnc3[nH]nc(-c4nc5c(-c6cc(F)cc(CNS(C)(=O)=O)c6)nccc5[nH]4)c3c2)c1. The highest BCUT2D eigenvalue weighted by atomic mass is 32.2. The molecule has 6 rings (SSSR count). The third kappa shape index (κ3) is 6.13. The number of H-pyrrole nitrogens is 2. The van der Waals surface area contributed by atoms with Gasteiger partial charge in [-0.15, -0.1) is 0 Å². The van der Waals surface area contributed by atoms with Crippen LogP contribution in [-0.2, 0) is 16.6 Å². The molecule has 0 radical (unpaired) electrons. The van der Waals surface area contributed by atoms with Gasteiger partial charge >= 0.3 is 0 Å². The van der Waals surface area contributed by atoms with E-state index in [1.165, 1.54) is 12.1 Å². The molecule has 44 heavy (non-hydrogen) atoms. The van der Waals surface area contributed by atoms with Gasteiger partial charge in [0.2, 0.25) is 10.0 Å². The average Bonchev–Trinajstić information content (AvgIpc) is 3.59. The third-order valence-electron chi connectivity index (χ3n) is 7.01. The molecule has 1 unspecified atom stereocenters. The first-order chi connectivity index (χ1) is 20.8. The van der Waals surface area contributed by atoms with E-state index in [2.05, 4.69) is 40.2 Å². The Labute approximate surface area is 252 Å². The highest BCUT2D eigenvalue weighted by Gasteiger charge is 2.22. The fraction of sp³-hybridized carbons (Fsp3) is 0.233. The van der Waals surface area contributed by atoms with Gasteiger partial charge in [0.15, 0.2) is 11.5 Å². The van der Waals surface area contributed by atoms with Crippen LogP contribution in [0.4, 0.5) is 10.1 Å². The molecular formula is C30H30FN9O3S. The second kappa shape index (κ2) is 11.0. The number of nitrogens with zero attached hydrogens (tertiary/aromatic N) is 5. The van der Waals surface area contributed by atoms with Crippen LogP contribution in [0.3, 0.4) is 0 Å². The quantitative estimate of drug-likeness (QED) is 0.153. The van der Waals surface area contributed by atoms with Crippen molar-refractivity contribution in [3.63, 3.8) is 0 Å². The van der Waals surface area contributed by atoms with Crippen LogP contribution in [0.5, 0.6) is 0 Å². The molecule has 0 aliphatic heterocycles. The fourth-order valence-corrected chi connectivity index (χ4v) is 5.08. The molecule has 0 aliphatic rings. The normalized spacial score (nSPS) is 13.0. The van der Waals surface area contributed by atoms with Crippen molar-refractivity contribution in [2.24, 2.45) is 5.41 Å². The summed E-state index contributed by atoms with van der Waals surface area (Å²) < 4.78 is 40.1. The van der Waals surface area contributed by atoms with Gasteiger partial charge < -0.3 is 15.4 Å². The summed E-state index contributed by atoms with van der Waals surface area (Å²) in [6.07, 6.45) is 6.95. The summed E-state index contributed by atoms with van der Waals surface area (Å²) in [7, 11) is -3.46. The molecular weight excluding hydrogens is 585 g/mol. The molecule has 0 saturated heterocycles. The molecule has 0 saturated carbocycles. The Bertz CT molecular complexity index is 2120. The molecule has 5 N–H and O–H groups in total. The van der Waals surface area contributed by atoms with Gasteiger partial charge in [0, 0.05) is 47.2 Å². The van der Waals surface area contributed by atoms with E-state index in [0.29, 0.717) is 56.1 Å². The van der Waals surface area contributed by atoms with E-state index in [1.54, 1.807) is 36.9 Å². The summed E-state index contributed by atoms with van der Waals surface area (Å²) >= 11 is 0. The maximum Gasteiger partial charge on any atom is 0.209 e. The van der Waals surface area contributed by atoms with Crippen LogP contribution in [0.1, 0.15) is 26.3 Å². The summed E-state index contributed by atoms with van der Waals surface area (Å²) in [5.74, 6) is -0.0717. The van der Waals surface area contributed by atoms with Gasteiger partial charge in [0.05, 0.1) is 34.7 Å². The second-order valence-electron chi connectivity index (χ2n) is 11.7. The Kier molecular flexibility index (Phi) is 7.35. The average molecular weight is 616 g/mol. The van der Waals surface area contributed by atoms with E-state index in [9.17, 15) is 17.9 Å². The van der Waals surface area contributed by atoms with Crippen molar-refractivity contribution < 1.29 is 17.9 Å². The van der Waals surface area contributed by atoms with Gasteiger partial charge in [-0.1, -0.05) is 20.8 Å². The predicted molar refractivity (Wildman–Crippen MR) is 166 cm³/mol. The van der Waals surface area contributed by atoms with Crippen LogP contribution in [0.15, 0.2) is 61.2 Å². The number of rotatable bonds is 8. The molecule has 1 aromatic carbocycles. The maximum absolute atomic E-state index is 14.6. The molecule has 14 heteroatoms. The number of halogens is 1. The number of imidazole rings is 1. The van der Waals surface area contributed by atoms with Gasteiger partial charge in [0.25, 0.3) is 0 Å². The van der Waals surface area contributed by atoms with Gasteiger partial charge in [-0.2, -0.15) is 5.10 Å². The third-order valence-corrected chi connectivity index (χ3v) is 7.68. The number of aliphatic hydroxyl groups is 1. The van der Waals surface area contributed by atoms with Crippen molar-refractivity contribution in [1.29, 1.82) is 0 Å². The summed E-state index contributed by atoms with van der Waals surface area (Å²) in [5.41, 5.74) is 5.44. The number of pyridine rings is 3. The van der Waals surface area contributed by atoms with Crippen molar-refractivity contribution in [3.05, 3.63) is 72.6 Å². The summed E-state index contributed by atoms with van der Waals surface area (Å²) in [5, 5.41) is 21.7. The van der Waals surface area contributed by atoms with Crippen LogP contribution < -0.4 is 10.0 Å². The number of sulfonamides is 1. The molecule has 6 aromatic rings. The fourth-order valence-electron chi connectivity index (χ4n) is 4.66. The molecule has 0 bridgehead atoms. The highest BCUT2D eigenvalue weighted by Crippen LogP contribution is 2.33. The van der Waals surface area contributed by atoms with Crippen molar-refractivity contribution in [2.75, 3.05) is 11.6 Å². The monoisotopic (exact) mass is 615 g/mol. The zero-order valence-electron chi connectivity index (χ0n) is 24.3. The van der Waals surface area contributed by atoms with Crippen LogP contribution in [0, 0.1) is 11.2 Å². The Morgan fingerprint density at radius 2 is 1.80 bits per heavy atom. The molecule has 1 atom stereocenters. The van der Waals surface area contributed by atoms with E-state index >= 15 is 0 Å². The second-order valence-corrected chi connectivity index (χ2v) is 13.5. The number of fused-ring (bicyclic) bond motifs is 2. The zero-order chi connectivity index (χ0) is 31.2. The number of anilines is 1. The lowest BCUT2D eigenvalue weighted by atomic mass is 9.94. The molecule has 0 amide bonds. The summed E-state index contributed by atoms with van der Waals surface area (Å²) in [6, 6.07) is 9.86. The standard InChI is InChI=1S/C30H30FN9O3S/c1-30(2,3)29(41)36-21-10-18(13-32-15-21)19-11-22-25(39-40-27(22)34-14-19)28-37-23-5-6-33-24(26(23)38-28)17-7-16(8-20(31)9-17)12-35-44(4,42)43/h5-11,13-15,29,35-36,41H,12H2,1-4H3,(H,37,38)(H,34,39,40). The van der Waals surface area contributed by atoms with E-state index in [0.717, 1.165) is 17.4 Å². The Hall–Kier alpha value is -4.79. The first-order valence-electron chi connectivity index (χ1n) is 13.7.